The molecule has 0 spiro atoms. The molecule has 0 aromatic rings. The molecule has 0 saturated heterocycles. The van der Waals surface area contributed by atoms with Crippen LogP contribution in [0.1, 0.15) is 20.8 Å². The second kappa shape index (κ2) is 4.35. The van der Waals surface area contributed by atoms with Crippen LogP contribution in [-0.4, -0.2) is 22.8 Å². The molecule has 0 fully saturated rings. The first kappa shape index (κ1) is 13.5. The minimum Gasteiger partial charge on any atom is -0.376 e. The smallest absolute Gasteiger partial charge is 0.217 e. The van der Waals surface area contributed by atoms with E-state index in [1.165, 1.54) is 14.0 Å². The minimum absolute atomic E-state index is 0.0781. The molecule has 0 aliphatic carbocycles. The van der Waals surface area contributed by atoms with Gasteiger partial charge in [0.05, 0.1) is 5.41 Å². The fourth-order valence-electron chi connectivity index (χ4n) is 1.02. The zero-order chi connectivity index (χ0) is 10.9. The van der Waals surface area contributed by atoms with Gasteiger partial charge in [0.25, 0.3) is 0 Å². The second-order valence-corrected chi connectivity index (χ2v) is 5.80. The summed E-state index contributed by atoms with van der Waals surface area (Å²) in [5, 5.41) is 0. The molecular weight excluding hydrogens is 234 g/mol. The van der Waals surface area contributed by atoms with Crippen LogP contribution < -0.4 is 0 Å². The Labute approximate surface area is 93.5 Å². The van der Waals surface area contributed by atoms with Gasteiger partial charge < -0.3 is 4.74 Å². The molecule has 1 atom stereocenters. The van der Waals surface area contributed by atoms with Crippen molar-refractivity contribution < 1.29 is 9.53 Å². The average Bonchev–Trinajstić information content (AvgIpc) is 1.83. The molecule has 0 N–H and O–H groups in total. The highest BCUT2D eigenvalue weighted by Gasteiger charge is 2.46. The van der Waals surface area contributed by atoms with Crippen LogP contribution in [-0.2, 0) is 9.53 Å². The van der Waals surface area contributed by atoms with E-state index in [9.17, 15) is 4.79 Å². The molecule has 0 radical (unpaired) electrons. The number of hydrogen-bond acceptors (Lipinski definition) is 2. The van der Waals surface area contributed by atoms with E-state index < -0.39 is 15.3 Å². The lowest BCUT2D eigenvalue weighted by Gasteiger charge is -2.35. The molecule has 78 valence electrons. The maximum Gasteiger partial charge on any atom is 0.217 e. The van der Waals surface area contributed by atoms with E-state index in [2.05, 4.69) is 0 Å². The summed E-state index contributed by atoms with van der Waals surface area (Å²) in [4.78, 5) is 11.3. The summed E-state index contributed by atoms with van der Waals surface area (Å²) in [6.45, 7) is 4.82. The summed E-state index contributed by atoms with van der Waals surface area (Å²) < 4.78 is 3.43. The van der Waals surface area contributed by atoms with Crippen molar-refractivity contribution in [3.8, 4) is 0 Å². The molecule has 2 nitrogen and oxygen atoms in total. The van der Waals surface area contributed by atoms with E-state index in [0.29, 0.717) is 0 Å². The second-order valence-electron chi connectivity index (χ2n) is 3.44. The van der Waals surface area contributed by atoms with Crippen molar-refractivity contribution in [3.05, 3.63) is 0 Å². The third kappa shape index (κ3) is 3.28. The normalized spacial score (nSPS) is 15.6. The average molecular weight is 248 g/mol. The Kier molecular flexibility index (Phi) is 4.51. The van der Waals surface area contributed by atoms with Crippen molar-refractivity contribution in [1.82, 2.24) is 0 Å². The summed E-state index contributed by atoms with van der Waals surface area (Å²) in [6.07, 6.45) is -0.748. The Bertz CT molecular complexity index is 196. The molecular formula is C8H13Cl3O2. The molecule has 0 aromatic heterocycles. The largest absolute Gasteiger partial charge is 0.376 e. The zero-order valence-corrected chi connectivity index (χ0v) is 10.3. The SMILES string of the molecule is COC(C(Cl)(Cl)Cl)C(C)(C)C(C)=O. The minimum atomic E-state index is -1.59. The highest BCUT2D eigenvalue weighted by molar-refractivity contribution is 6.68. The standard InChI is InChI=1S/C8H13Cl3O2/c1-5(12)7(2,3)6(13-4)8(9,10)11/h6H,1-4H3. The van der Waals surface area contributed by atoms with Gasteiger partial charge in [-0.15, -0.1) is 0 Å². The Morgan fingerprint density at radius 2 is 1.69 bits per heavy atom. The lowest BCUT2D eigenvalue weighted by Crippen LogP contribution is -2.45. The van der Waals surface area contributed by atoms with Crippen LogP contribution in [0, 0.1) is 5.41 Å². The highest BCUT2D eigenvalue weighted by Crippen LogP contribution is 2.41. The Hall–Kier alpha value is 0.500. The van der Waals surface area contributed by atoms with Crippen LogP contribution >= 0.6 is 34.8 Å². The maximum atomic E-state index is 11.3. The number of Topliss-reactive ketones (excluding diaryl/α,β-unsaturated/α-hetero) is 1. The van der Waals surface area contributed by atoms with Crippen LogP contribution in [0.15, 0.2) is 0 Å². The number of hydrogen-bond donors (Lipinski definition) is 0. The summed E-state index contributed by atoms with van der Waals surface area (Å²) in [6, 6.07) is 0. The molecule has 5 heteroatoms. The first-order valence-corrected chi connectivity index (χ1v) is 4.88. The van der Waals surface area contributed by atoms with Crippen molar-refractivity contribution in [3.63, 3.8) is 0 Å². The molecule has 0 aliphatic heterocycles. The van der Waals surface area contributed by atoms with Crippen LogP contribution in [0.2, 0.25) is 0 Å². The molecule has 0 aromatic carbocycles. The van der Waals surface area contributed by atoms with Gasteiger partial charge in [-0.1, -0.05) is 48.7 Å². The van der Waals surface area contributed by atoms with Gasteiger partial charge in [-0.05, 0) is 6.92 Å². The van der Waals surface area contributed by atoms with Gasteiger partial charge in [-0.25, -0.2) is 0 Å². The van der Waals surface area contributed by atoms with Crippen LogP contribution in [0.25, 0.3) is 0 Å². The maximum absolute atomic E-state index is 11.3. The zero-order valence-electron chi connectivity index (χ0n) is 8.03. The number of carbonyl (C=O) groups is 1. The molecule has 0 saturated carbocycles. The number of methoxy groups -OCH3 is 1. The summed E-state index contributed by atoms with van der Waals surface area (Å²) in [5.74, 6) is -0.0781. The number of alkyl halides is 3. The molecule has 0 amide bonds. The van der Waals surface area contributed by atoms with E-state index in [1.54, 1.807) is 13.8 Å². The summed E-state index contributed by atoms with van der Waals surface area (Å²) in [5.41, 5.74) is -0.806. The molecule has 0 aliphatic rings. The van der Waals surface area contributed by atoms with Crippen LogP contribution in [0.4, 0.5) is 0 Å². The van der Waals surface area contributed by atoms with Gasteiger partial charge in [0.1, 0.15) is 11.9 Å². The van der Waals surface area contributed by atoms with E-state index in [1.807, 2.05) is 0 Å². The lowest BCUT2D eigenvalue weighted by atomic mass is 9.83. The quantitative estimate of drug-likeness (QED) is 0.717. The molecule has 0 bridgehead atoms. The van der Waals surface area contributed by atoms with E-state index in [-0.39, 0.29) is 5.78 Å². The fraction of sp³-hybridized carbons (Fsp3) is 0.875. The van der Waals surface area contributed by atoms with Gasteiger partial charge in [-0.3, -0.25) is 4.79 Å². The van der Waals surface area contributed by atoms with Gasteiger partial charge in [0, 0.05) is 7.11 Å². The molecule has 1 unspecified atom stereocenters. The Balaban J connectivity index is 4.88. The number of carbonyl (C=O) groups excluding carboxylic acids is 1. The van der Waals surface area contributed by atoms with E-state index >= 15 is 0 Å². The first-order chi connectivity index (χ1) is 5.64. The van der Waals surface area contributed by atoms with Gasteiger partial charge >= 0.3 is 0 Å². The molecule has 13 heavy (non-hydrogen) atoms. The van der Waals surface area contributed by atoms with Crippen molar-refractivity contribution in [1.29, 1.82) is 0 Å². The van der Waals surface area contributed by atoms with Gasteiger partial charge in [-0.2, -0.15) is 0 Å². The Morgan fingerprint density at radius 1 is 1.31 bits per heavy atom. The van der Waals surface area contributed by atoms with Gasteiger partial charge in [0.2, 0.25) is 3.79 Å². The number of ether oxygens (including phenoxy) is 1. The third-order valence-corrected chi connectivity index (χ3v) is 2.69. The predicted molar refractivity (Wildman–Crippen MR) is 55.5 cm³/mol. The highest BCUT2D eigenvalue weighted by atomic mass is 35.6. The van der Waals surface area contributed by atoms with Crippen LogP contribution in [0.5, 0.6) is 0 Å². The predicted octanol–water partition coefficient (Wildman–Crippen LogP) is 2.99. The van der Waals surface area contributed by atoms with Gasteiger partial charge in [0.15, 0.2) is 0 Å². The first-order valence-electron chi connectivity index (χ1n) is 3.74. The monoisotopic (exact) mass is 246 g/mol. The van der Waals surface area contributed by atoms with Crippen molar-refractivity contribution in [2.24, 2.45) is 5.41 Å². The van der Waals surface area contributed by atoms with Crippen molar-refractivity contribution in [2.45, 2.75) is 30.7 Å². The molecule has 0 heterocycles. The number of ketones is 1. The lowest BCUT2D eigenvalue weighted by molar-refractivity contribution is -0.132. The van der Waals surface area contributed by atoms with Crippen molar-refractivity contribution in [2.75, 3.05) is 7.11 Å². The Morgan fingerprint density at radius 3 is 1.77 bits per heavy atom. The van der Waals surface area contributed by atoms with E-state index in [4.69, 9.17) is 39.5 Å². The van der Waals surface area contributed by atoms with Crippen molar-refractivity contribution >= 4 is 40.6 Å². The van der Waals surface area contributed by atoms with E-state index in [0.717, 1.165) is 0 Å². The molecule has 0 rings (SSSR count). The van der Waals surface area contributed by atoms with Crippen LogP contribution in [0.3, 0.4) is 0 Å². The topological polar surface area (TPSA) is 26.3 Å². The summed E-state index contributed by atoms with van der Waals surface area (Å²) in [7, 11) is 1.41. The number of halogens is 3. The number of rotatable bonds is 3. The summed E-state index contributed by atoms with van der Waals surface area (Å²) >= 11 is 17.0. The third-order valence-electron chi connectivity index (χ3n) is 2.10. The fourth-order valence-corrected chi connectivity index (χ4v) is 2.11.